The van der Waals surface area contributed by atoms with Crippen molar-refractivity contribution in [2.24, 2.45) is 0 Å². The van der Waals surface area contributed by atoms with E-state index in [-0.39, 0.29) is 0 Å². The molecular formula is C12H18N4S2. The molecule has 1 unspecified atom stereocenters. The first-order valence-electron chi connectivity index (χ1n) is 5.80. The normalized spacial score (nSPS) is 13.3. The molecule has 2 aromatic heterocycles. The molecule has 1 atom stereocenters. The lowest BCUT2D eigenvalue weighted by Crippen LogP contribution is -2.31. The van der Waals surface area contributed by atoms with E-state index in [2.05, 4.69) is 35.1 Å². The summed E-state index contributed by atoms with van der Waals surface area (Å²) in [5.41, 5.74) is 5.94. The third-order valence-corrected chi connectivity index (χ3v) is 4.57. The maximum absolute atomic E-state index is 5.94. The molecule has 0 radical (unpaired) electrons. The largest absolute Gasteiger partial charge is 0.383 e. The lowest BCUT2D eigenvalue weighted by Gasteiger charge is -2.23. The smallest absolute Gasteiger partial charge is 0.146 e. The van der Waals surface area contributed by atoms with Crippen molar-refractivity contribution in [1.82, 2.24) is 14.9 Å². The van der Waals surface area contributed by atoms with Gasteiger partial charge in [-0.05, 0) is 31.7 Å². The summed E-state index contributed by atoms with van der Waals surface area (Å²) in [4.78, 5) is 12.2. The van der Waals surface area contributed by atoms with Crippen LogP contribution in [-0.4, -0.2) is 40.0 Å². The Bertz CT molecular complexity index is 526. The molecule has 2 N–H and O–H groups in total. The fraction of sp³-hybridized carbons (Fsp3) is 0.500. The van der Waals surface area contributed by atoms with Crippen LogP contribution in [0.2, 0.25) is 0 Å². The van der Waals surface area contributed by atoms with Crippen LogP contribution in [0, 0.1) is 0 Å². The number of nitrogens with two attached hydrogens (primary N) is 1. The maximum atomic E-state index is 5.94. The van der Waals surface area contributed by atoms with Gasteiger partial charge in [0, 0.05) is 11.8 Å². The molecule has 0 aromatic carbocycles. The fourth-order valence-corrected chi connectivity index (χ4v) is 3.27. The van der Waals surface area contributed by atoms with Gasteiger partial charge in [0.1, 0.15) is 16.5 Å². The number of hydrogen-bond donors (Lipinski definition) is 1. The molecule has 4 nitrogen and oxygen atoms in total. The summed E-state index contributed by atoms with van der Waals surface area (Å²) in [6, 6.07) is 2.47. The van der Waals surface area contributed by atoms with Gasteiger partial charge in [-0.3, -0.25) is 4.90 Å². The number of nitrogens with zero attached hydrogens (tertiary/aromatic N) is 3. The van der Waals surface area contributed by atoms with Crippen molar-refractivity contribution in [1.29, 1.82) is 0 Å². The van der Waals surface area contributed by atoms with Gasteiger partial charge in [-0.1, -0.05) is 0 Å². The standard InChI is InChI=1S/C12H18N4S2/c1-8(7-17-3)16(2)6-10-14-11(13)9-4-5-18-12(9)15-10/h4-5,8H,6-7H2,1-3H3,(H2,13,14,15). The van der Waals surface area contributed by atoms with Gasteiger partial charge in [0.2, 0.25) is 0 Å². The predicted octanol–water partition coefficient (Wildman–Crippen LogP) is 2.46. The van der Waals surface area contributed by atoms with E-state index in [1.807, 2.05) is 23.2 Å². The number of thioether (sulfide) groups is 1. The zero-order chi connectivity index (χ0) is 13.1. The van der Waals surface area contributed by atoms with Crippen LogP contribution in [0.4, 0.5) is 5.82 Å². The van der Waals surface area contributed by atoms with E-state index in [1.165, 1.54) is 0 Å². The lowest BCUT2D eigenvalue weighted by molar-refractivity contribution is 0.263. The molecule has 18 heavy (non-hydrogen) atoms. The van der Waals surface area contributed by atoms with Gasteiger partial charge in [0.15, 0.2) is 0 Å². The molecule has 0 aliphatic rings. The van der Waals surface area contributed by atoms with Crippen molar-refractivity contribution in [3.8, 4) is 0 Å². The van der Waals surface area contributed by atoms with Crippen LogP contribution < -0.4 is 5.73 Å². The molecular weight excluding hydrogens is 264 g/mol. The van der Waals surface area contributed by atoms with E-state index in [0.717, 1.165) is 28.3 Å². The topological polar surface area (TPSA) is 55.0 Å². The molecule has 0 bridgehead atoms. The van der Waals surface area contributed by atoms with Crippen molar-refractivity contribution in [3.05, 3.63) is 17.3 Å². The zero-order valence-electron chi connectivity index (χ0n) is 10.9. The number of anilines is 1. The summed E-state index contributed by atoms with van der Waals surface area (Å²) in [5, 5.41) is 2.96. The maximum Gasteiger partial charge on any atom is 0.146 e. The first-order chi connectivity index (χ1) is 8.61. The molecule has 6 heteroatoms. The highest BCUT2D eigenvalue weighted by molar-refractivity contribution is 7.98. The highest BCUT2D eigenvalue weighted by atomic mass is 32.2. The van der Waals surface area contributed by atoms with Crippen LogP contribution in [0.25, 0.3) is 10.2 Å². The van der Waals surface area contributed by atoms with Gasteiger partial charge >= 0.3 is 0 Å². The first-order valence-corrected chi connectivity index (χ1v) is 8.08. The fourth-order valence-electron chi connectivity index (χ4n) is 1.74. The van der Waals surface area contributed by atoms with Gasteiger partial charge in [-0.2, -0.15) is 11.8 Å². The van der Waals surface area contributed by atoms with Crippen molar-refractivity contribution in [2.45, 2.75) is 19.5 Å². The Labute approximate surface area is 116 Å². The van der Waals surface area contributed by atoms with E-state index in [4.69, 9.17) is 5.73 Å². The Morgan fingerprint density at radius 2 is 2.28 bits per heavy atom. The minimum Gasteiger partial charge on any atom is -0.383 e. The van der Waals surface area contributed by atoms with Crippen LogP contribution in [0.15, 0.2) is 11.4 Å². The summed E-state index contributed by atoms with van der Waals surface area (Å²) >= 11 is 3.46. The van der Waals surface area contributed by atoms with E-state index >= 15 is 0 Å². The highest BCUT2D eigenvalue weighted by Gasteiger charge is 2.12. The Morgan fingerprint density at radius 1 is 1.50 bits per heavy atom. The Hall–Kier alpha value is -0.850. The second-order valence-corrected chi connectivity index (χ2v) is 6.19. The van der Waals surface area contributed by atoms with Crippen LogP contribution >= 0.6 is 23.1 Å². The van der Waals surface area contributed by atoms with Crippen molar-refractivity contribution < 1.29 is 0 Å². The van der Waals surface area contributed by atoms with Crippen LogP contribution in [0.1, 0.15) is 12.7 Å². The van der Waals surface area contributed by atoms with E-state index in [1.54, 1.807) is 11.3 Å². The van der Waals surface area contributed by atoms with Crippen molar-refractivity contribution in [3.63, 3.8) is 0 Å². The molecule has 0 aliphatic heterocycles. The number of nitrogen functional groups attached to an aromatic ring is 1. The zero-order valence-corrected chi connectivity index (χ0v) is 12.5. The average Bonchev–Trinajstić information content (AvgIpc) is 2.77. The van der Waals surface area contributed by atoms with Gasteiger partial charge in [0.05, 0.1) is 11.9 Å². The summed E-state index contributed by atoms with van der Waals surface area (Å²) < 4.78 is 0. The van der Waals surface area contributed by atoms with E-state index < -0.39 is 0 Å². The Kier molecular flexibility index (Phi) is 4.42. The molecule has 2 heterocycles. The molecule has 0 amide bonds. The molecule has 0 spiro atoms. The molecule has 98 valence electrons. The number of fused-ring (bicyclic) bond motifs is 1. The van der Waals surface area contributed by atoms with Crippen LogP contribution in [0.5, 0.6) is 0 Å². The molecule has 0 saturated heterocycles. The number of hydrogen-bond acceptors (Lipinski definition) is 6. The van der Waals surface area contributed by atoms with E-state index in [0.29, 0.717) is 11.9 Å². The van der Waals surface area contributed by atoms with Gasteiger partial charge < -0.3 is 5.73 Å². The third-order valence-electron chi connectivity index (χ3n) is 2.95. The summed E-state index contributed by atoms with van der Waals surface area (Å²) in [7, 11) is 2.10. The SMILES string of the molecule is CSCC(C)N(C)Cc1nc(N)c2ccsc2n1. The number of rotatable bonds is 5. The summed E-state index contributed by atoms with van der Waals surface area (Å²) in [6.45, 7) is 2.95. The molecule has 0 aliphatic carbocycles. The second kappa shape index (κ2) is 5.86. The summed E-state index contributed by atoms with van der Waals surface area (Å²) in [5.74, 6) is 2.49. The van der Waals surface area contributed by atoms with Crippen molar-refractivity contribution in [2.75, 3.05) is 24.8 Å². The highest BCUT2D eigenvalue weighted by Crippen LogP contribution is 2.23. The van der Waals surface area contributed by atoms with Crippen LogP contribution in [0.3, 0.4) is 0 Å². The number of aromatic nitrogens is 2. The van der Waals surface area contributed by atoms with E-state index in [9.17, 15) is 0 Å². The van der Waals surface area contributed by atoms with Gasteiger partial charge in [0.25, 0.3) is 0 Å². The Morgan fingerprint density at radius 3 is 3.00 bits per heavy atom. The monoisotopic (exact) mass is 282 g/mol. The minimum absolute atomic E-state index is 0.504. The molecule has 0 saturated carbocycles. The lowest BCUT2D eigenvalue weighted by atomic mass is 10.3. The molecule has 2 aromatic rings. The molecule has 2 rings (SSSR count). The predicted molar refractivity (Wildman–Crippen MR) is 81.1 cm³/mol. The minimum atomic E-state index is 0.504. The third kappa shape index (κ3) is 2.93. The Balaban J connectivity index is 2.16. The second-order valence-electron chi connectivity index (χ2n) is 4.38. The van der Waals surface area contributed by atoms with Crippen LogP contribution in [-0.2, 0) is 6.54 Å². The molecule has 0 fully saturated rings. The quantitative estimate of drug-likeness (QED) is 0.913. The average molecular weight is 282 g/mol. The van der Waals surface area contributed by atoms with Gasteiger partial charge in [-0.25, -0.2) is 9.97 Å². The first kappa shape index (κ1) is 13.6. The summed E-state index contributed by atoms with van der Waals surface area (Å²) in [6.07, 6.45) is 2.12. The van der Waals surface area contributed by atoms with Crippen molar-refractivity contribution >= 4 is 39.1 Å². The van der Waals surface area contributed by atoms with Gasteiger partial charge in [-0.15, -0.1) is 11.3 Å². The number of thiophene rings is 1.